The number of hydrogen-bond acceptors (Lipinski definition) is 2. The van der Waals surface area contributed by atoms with Crippen molar-refractivity contribution in [3.8, 4) is 0 Å². The van der Waals surface area contributed by atoms with Crippen LogP contribution in [0.2, 0.25) is 0 Å². The van der Waals surface area contributed by atoms with Gasteiger partial charge in [-0.15, -0.1) is 0 Å². The van der Waals surface area contributed by atoms with Crippen LogP contribution in [0.3, 0.4) is 0 Å². The number of nitrogens with zero attached hydrogens (tertiary/aromatic N) is 1. The first kappa shape index (κ1) is 17.9. The number of fused-ring (bicyclic) bond motifs is 3. The van der Waals surface area contributed by atoms with Crippen molar-refractivity contribution < 1.29 is 9.59 Å². The SMILES string of the molecule is CC(=O)CCCCCCn1c2c(c3ccccc31)C(=O)CC(C)(C)C2. The van der Waals surface area contributed by atoms with Crippen molar-refractivity contribution in [1.82, 2.24) is 4.57 Å². The first-order valence-corrected chi connectivity index (χ1v) is 9.52. The summed E-state index contributed by atoms with van der Waals surface area (Å²) in [5.41, 5.74) is 3.43. The van der Waals surface area contributed by atoms with E-state index in [0.29, 0.717) is 18.6 Å². The second kappa shape index (κ2) is 7.15. The molecule has 0 fully saturated rings. The van der Waals surface area contributed by atoms with Crippen LogP contribution in [0.15, 0.2) is 24.3 Å². The van der Waals surface area contributed by atoms with E-state index in [1.54, 1.807) is 6.92 Å². The average Bonchev–Trinajstić information content (AvgIpc) is 2.83. The predicted octanol–water partition coefficient (Wildman–Crippen LogP) is 5.34. The largest absolute Gasteiger partial charge is 0.344 e. The smallest absolute Gasteiger partial charge is 0.165 e. The van der Waals surface area contributed by atoms with Crippen LogP contribution < -0.4 is 0 Å². The third-order valence-corrected chi connectivity index (χ3v) is 5.30. The predicted molar refractivity (Wildman–Crippen MR) is 102 cm³/mol. The molecule has 0 amide bonds. The third-order valence-electron chi connectivity index (χ3n) is 5.30. The minimum atomic E-state index is 0.0394. The summed E-state index contributed by atoms with van der Waals surface area (Å²) in [4.78, 5) is 23.8. The van der Waals surface area contributed by atoms with Crippen molar-refractivity contribution in [2.45, 2.75) is 72.3 Å². The number of carbonyl (C=O) groups is 2. The molecule has 0 unspecified atom stereocenters. The summed E-state index contributed by atoms with van der Waals surface area (Å²) >= 11 is 0. The van der Waals surface area contributed by atoms with E-state index in [-0.39, 0.29) is 11.2 Å². The second-order valence-electron chi connectivity index (χ2n) is 8.30. The van der Waals surface area contributed by atoms with Crippen molar-refractivity contribution in [3.63, 3.8) is 0 Å². The van der Waals surface area contributed by atoms with Crippen LogP contribution in [0.5, 0.6) is 0 Å². The maximum Gasteiger partial charge on any atom is 0.165 e. The molecule has 0 atom stereocenters. The van der Waals surface area contributed by atoms with Gasteiger partial charge in [0.15, 0.2) is 5.78 Å². The van der Waals surface area contributed by atoms with Gasteiger partial charge >= 0.3 is 0 Å². The topological polar surface area (TPSA) is 39.1 Å². The number of unbranched alkanes of at least 4 members (excludes halogenated alkanes) is 3. The molecule has 3 nitrogen and oxygen atoms in total. The van der Waals surface area contributed by atoms with E-state index in [0.717, 1.165) is 49.6 Å². The number of rotatable bonds is 7. The van der Waals surface area contributed by atoms with Gasteiger partial charge in [0.25, 0.3) is 0 Å². The van der Waals surface area contributed by atoms with E-state index >= 15 is 0 Å². The maximum absolute atomic E-state index is 12.8. The van der Waals surface area contributed by atoms with Crippen LogP contribution in [0, 0.1) is 5.41 Å². The molecule has 2 aromatic rings. The van der Waals surface area contributed by atoms with Gasteiger partial charge < -0.3 is 9.36 Å². The molecule has 0 N–H and O–H groups in total. The molecule has 0 bridgehead atoms. The fourth-order valence-corrected chi connectivity index (χ4v) is 4.14. The molecule has 0 aliphatic heterocycles. The number of aryl methyl sites for hydroxylation is 1. The Labute approximate surface area is 150 Å². The summed E-state index contributed by atoms with van der Waals surface area (Å²) in [5, 5.41) is 1.12. The van der Waals surface area contributed by atoms with Crippen molar-refractivity contribution in [3.05, 3.63) is 35.5 Å². The normalized spacial score (nSPS) is 16.2. The van der Waals surface area contributed by atoms with Gasteiger partial charge in [0.2, 0.25) is 0 Å². The van der Waals surface area contributed by atoms with Gasteiger partial charge in [0.1, 0.15) is 5.78 Å². The lowest BCUT2D eigenvalue weighted by molar-refractivity contribution is -0.117. The van der Waals surface area contributed by atoms with Crippen LogP contribution in [-0.4, -0.2) is 16.1 Å². The Hall–Kier alpha value is -1.90. The number of carbonyl (C=O) groups excluding carboxylic acids is 2. The van der Waals surface area contributed by atoms with Crippen LogP contribution in [0.1, 0.15) is 75.3 Å². The Kier molecular flexibility index (Phi) is 5.12. The zero-order valence-corrected chi connectivity index (χ0v) is 15.7. The van der Waals surface area contributed by atoms with Crippen molar-refractivity contribution >= 4 is 22.5 Å². The zero-order valence-electron chi connectivity index (χ0n) is 15.7. The number of para-hydroxylation sites is 1. The fraction of sp³-hybridized carbons (Fsp3) is 0.545. The molecular formula is C22H29NO2. The molecule has 1 aliphatic rings. The lowest BCUT2D eigenvalue weighted by Gasteiger charge is -2.29. The molecule has 25 heavy (non-hydrogen) atoms. The first-order valence-electron chi connectivity index (χ1n) is 9.52. The van der Waals surface area contributed by atoms with E-state index < -0.39 is 0 Å². The van der Waals surface area contributed by atoms with Crippen LogP contribution in [-0.2, 0) is 17.8 Å². The maximum atomic E-state index is 12.8. The summed E-state index contributed by atoms with van der Waals surface area (Å²) in [7, 11) is 0. The minimum Gasteiger partial charge on any atom is -0.344 e. The minimum absolute atomic E-state index is 0.0394. The summed E-state index contributed by atoms with van der Waals surface area (Å²) in [5.74, 6) is 0.578. The average molecular weight is 339 g/mol. The number of aromatic nitrogens is 1. The molecule has 0 saturated heterocycles. The number of Topliss-reactive ketones (excluding diaryl/α,β-unsaturated/α-hetero) is 2. The molecule has 1 aromatic carbocycles. The molecule has 0 saturated carbocycles. The number of hydrogen-bond donors (Lipinski definition) is 0. The second-order valence-corrected chi connectivity index (χ2v) is 8.30. The molecule has 1 aromatic heterocycles. The quantitative estimate of drug-likeness (QED) is 0.639. The highest BCUT2D eigenvalue weighted by atomic mass is 16.1. The van der Waals surface area contributed by atoms with Crippen molar-refractivity contribution in [1.29, 1.82) is 0 Å². The summed E-state index contributed by atoms with van der Waals surface area (Å²) in [6.45, 7) is 7.01. The number of benzene rings is 1. The molecule has 0 spiro atoms. The number of ketones is 2. The van der Waals surface area contributed by atoms with Crippen LogP contribution in [0.25, 0.3) is 10.9 Å². The van der Waals surface area contributed by atoms with Gasteiger partial charge in [-0.1, -0.05) is 44.9 Å². The molecule has 3 heteroatoms. The lowest BCUT2D eigenvalue weighted by atomic mass is 9.75. The van der Waals surface area contributed by atoms with Crippen molar-refractivity contribution in [2.75, 3.05) is 0 Å². The molecule has 1 aliphatic carbocycles. The molecular weight excluding hydrogens is 310 g/mol. The zero-order chi connectivity index (χ0) is 18.0. The highest BCUT2D eigenvalue weighted by Gasteiger charge is 2.35. The lowest BCUT2D eigenvalue weighted by Crippen LogP contribution is -2.28. The fourth-order valence-electron chi connectivity index (χ4n) is 4.14. The molecule has 3 rings (SSSR count). The first-order chi connectivity index (χ1) is 11.9. The summed E-state index contributed by atoms with van der Waals surface area (Å²) in [6, 6.07) is 8.33. The van der Waals surface area contributed by atoms with Gasteiger partial charge in [0.05, 0.1) is 0 Å². The van der Waals surface area contributed by atoms with Gasteiger partial charge in [0, 0.05) is 41.5 Å². The monoisotopic (exact) mass is 339 g/mol. The molecule has 0 radical (unpaired) electrons. The Bertz CT molecular complexity index is 798. The highest BCUT2D eigenvalue weighted by Crippen LogP contribution is 2.39. The van der Waals surface area contributed by atoms with Crippen molar-refractivity contribution in [2.24, 2.45) is 5.41 Å². The van der Waals surface area contributed by atoms with E-state index in [1.165, 1.54) is 11.2 Å². The highest BCUT2D eigenvalue weighted by molar-refractivity contribution is 6.10. The van der Waals surface area contributed by atoms with E-state index in [1.807, 2.05) is 6.07 Å². The Balaban J connectivity index is 1.81. The van der Waals surface area contributed by atoms with Crippen LogP contribution >= 0.6 is 0 Å². The van der Waals surface area contributed by atoms with Crippen LogP contribution in [0.4, 0.5) is 0 Å². The third kappa shape index (κ3) is 3.86. The van der Waals surface area contributed by atoms with Gasteiger partial charge in [-0.25, -0.2) is 0 Å². The Morgan fingerprint density at radius 3 is 2.56 bits per heavy atom. The van der Waals surface area contributed by atoms with E-state index in [9.17, 15) is 9.59 Å². The molecule has 134 valence electrons. The Morgan fingerprint density at radius 2 is 1.80 bits per heavy atom. The van der Waals surface area contributed by atoms with Gasteiger partial charge in [-0.3, -0.25) is 4.79 Å². The Morgan fingerprint density at radius 1 is 1.08 bits per heavy atom. The van der Waals surface area contributed by atoms with Gasteiger partial charge in [-0.2, -0.15) is 0 Å². The van der Waals surface area contributed by atoms with E-state index in [4.69, 9.17) is 0 Å². The summed E-state index contributed by atoms with van der Waals surface area (Å²) in [6.07, 6.45) is 6.62. The van der Waals surface area contributed by atoms with E-state index in [2.05, 4.69) is 36.6 Å². The molecule has 1 heterocycles. The van der Waals surface area contributed by atoms with Gasteiger partial charge in [-0.05, 0) is 37.7 Å². The standard InChI is InChI=1S/C22H29NO2/c1-16(24)10-6-4-5-9-13-23-18-12-8-7-11-17(18)21-19(23)14-22(2,3)15-20(21)25/h7-8,11-12H,4-6,9-10,13-15H2,1-3H3. The summed E-state index contributed by atoms with van der Waals surface area (Å²) < 4.78 is 2.38.